The molecule has 4 fully saturated rings. The molecule has 158 valence electrons. The molecule has 0 aliphatic heterocycles. The van der Waals surface area contributed by atoms with Gasteiger partial charge in [0.25, 0.3) is 5.56 Å². The van der Waals surface area contributed by atoms with Gasteiger partial charge in [-0.1, -0.05) is 0 Å². The van der Waals surface area contributed by atoms with Crippen LogP contribution in [0.1, 0.15) is 68.2 Å². The smallest absolute Gasteiger partial charge is 0.253 e. The summed E-state index contributed by atoms with van der Waals surface area (Å²) in [7, 11) is 0. The number of pyridine rings is 1. The quantitative estimate of drug-likeness (QED) is 0.616. The van der Waals surface area contributed by atoms with Crippen LogP contribution in [0.25, 0.3) is 0 Å². The first-order valence-electron chi connectivity index (χ1n) is 11.1. The van der Waals surface area contributed by atoms with E-state index in [-0.39, 0.29) is 29.3 Å². The van der Waals surface area contributed by atoms with Gasteiger partial charge < -0.3 is 15.6 Å². The van der Waals surface area contributed by atoms with Crippen molar-refractivity contribution in [1.29, 1.82) is 0 Å². The predicted octanol–water partition coefficient (Wildman–Crippen LogP) is 2.72. The van der Waals surface area contributed by atoms with Crippen LogP contribution < -0.4 is 16.2 Å². The average molecular weight is 400 g/mol. The molecule has 6 heteroatoms. The van der Waals surface area contributed by atoms with Gasteiger partial charge in [0.1, 0.15) is 0 Å². The van der Waals surface area contributed by atoms with Crippen LogP contribution in [-0.2, 0) is 16.1 Å². The molecule has 6 nitrogen and oxygen atoms in total. The minimum absolute atomic E-state index is 0.0894. The topological polar surface area (TPSA) is 91.1 Å². The van der Waals surface area contributed by atoms with Crippen molar-refractivity contribution in [2.24, 2.45) is 23.2 Å². The normalized spacial score (nSPS) is 29.7. The Kier molecular flexibility index (Phi) is 5.54. The van der Waals surface area contributed by atoms with Crippen LogP contribution in [0.15, 0.2) is 10.9 Å². The molecule has 5 rings (SSSR count). The van der Waals surface area contributed by atoms with Crippen molar-refractivity contribution < 1.29 is 9.59 Å². The van der Waals surface area contributed by atoms with Crippen LogP contribution in [-0.4, -0.2) is 23.3 Å². The molecule has 0 aromatic carbocycles. The van der Waals surface area contributed by atoms with Crippen LogP contribution >= 0.6 is 0 Å². The summed E-state index contributed by atoms with van der Waals surface area (Å²) >= 11 is 0. The summed E-state index contributed by atoms with van der Waals surface area (Å²) in [4.78, 5) is 39.8. The second-order valence-electron chi connectivity index (χ2n) is 9.78. The largest absolute Gasteiger partial charge is 0.356 e. The Balaban J connectivity index is 1.20. The van der Waals surface area contributed by atoms with Gasteiger partial charge in [0, 0.05) is 36.2 Å². The number of aryl methyl sites for hydroxylation is 2. The van der Waals surface area contributed by atoms with Crippen LogP contribution in [0.2, 0.25) is 0 Å². The molecule has 1 heterocycles. The lowest BCUT2D eigenvalue weighted by atomic mass is 9.49. The van der Waals surface area contributed by atoms with Gasteiger partial charge in [0.2, 0.25) is 11.8 Å². The fourth-order valence-electron chi connectivity index (χ4n) is 6.40. The highest BCUT2D eigenvalue weighted by molar-refractivity contribution is 5.83. The molecule has 1 aromatic rings. The zero-order chi connectivity index (χ0) is 20.6. The SMILES string of the molecule is Cc1cc(C)c(CNC(=O)CCCNC(=O)C23CC4CC(CC(C4)C2)C3)c(=O)[nH]1. The lowest BCUT2D eigenvalue weighted by Crippen LogP contribution is -2.53. The van der Waals surface area contributed by atoms with Crippen molar-refractivity contribution in [2.45, 2.75) is 71.8 Å². The molecule has 0 spiro atoms. The number of H-pyrrole nitrogens is 1. The lowest BCUT2D eigenvalue weighted by Gasteiger charge is -2.55. The standard InChI is InChI=1S/C23H33N3O3/c1-14-6-15(2)26-21(28)19(14)13-25-20(27)4-3-5-24-22(29)23-10-16-7-17(11-23)9-18(8-16)12-23/h6,16-18H,3-5,7-13H2,1-2H3,(H,24,29)(H,25,27)(H,26,28). The van der Waals surface area contributed by atoms with E-state index in [4.69, 9.17) is 0 Å². The van der Waals surface area contributed by atoms with Crippen LogP contribution in [0, 0.1) is 37.0 Å². The number of aromatic amines is 1. The van der Waals surface area contributed by atoms with Gasteiger partial charge >= 0.3 is 0 Å². The third-order valence-corrected chi connectivity index (χ3v) is 7.34. The van der Waals surface area contributed by atoms with E-state index < -0.39 is 0 Å². The highest BCUT2D eigenvalue weighted by atomic mass is 16.2. The summed E-state index contributed by atoms with van der Waals surface area (Å²) < 4.78 is 0. The van der Waals surface area contributed by atoms with E-state index >= 15 is 0 Å². The number of nitrogens with one attached hydrogen (secondary N) is 3. The van der Waals surface area contributed by atoms with E-state index in [9.17, 15) is 14.4 Å². The van der Waals surface area contributed by atoms with Crippen LogP contribution in [0.5, 0.6) is 0 Å². The molecular formula is C23H33N3O3. The van der Waals surface area contributed by atoms with Gasteiger partial charge in [-0.3, -0.25) is 14.4 Å². The Hall–Kier alpha value is -2.11. The van der Waals surface area contributed by atoms with Crippen molar-refractivity contribution in [3.8, 4) is 0 Å². The van der Waals surface area contributed by atoms with E-state index in [1.807, 2.05) is 19.9 Å². The van der Waals surface area contributed by atoms with Crippen molar-refractivity contribution in [3.63, 3.8) is 0 Å². The van der Waals surface area contributed by atoms with E-state index in [0.29, 0.717) is 24.9 Å². The second kappa shape index (κ2) is 7.96. The number of amides is 2. The maximum absolute atomic E-state index is 12.9. The Morgan fingerprint density at radius 1 is 1.07 bits per heavy atom. The van der Waals surface area contributed by atoms with E-state index in [0.717, 1.165) is 48.3 Å². The zero-order valence-corrected chi connectivity index (χ0v) is 17.6. The van der Waals surface area contributed by atoms with Crippen molar-refractivity contribution in [2.75, 3.05) is 6.54 Å². The Bertz CT molecular complexity index is 822. The number of rotatable bonds is 7. The summed E-state index contributed by atoms with van der Waals surface area (Å²) in [5.74, 6) is 2.40. The van der Waals surface area contributed by atoms with E-state index in [1.54, 1.807) is 0 Å². The number of hydrogen-bond acceptors (Lipinski definition) is 3. The third kappa shape index (κ3) is 4.26. The number of carbonyl (C=O) groups excluding carboxylic acids is 2. The van der Waals surface area contributed by atoms with Crippen LogP contribution in [0.3, 0.4) is 0 Å². The molecule has 4 saturated carbocycles. The first kappa shape index (κ1) is 20.2. The molecular weight excluding hydrogens is 366 g/mol. The average Bonchev–Trinajstić information content (AvgIpc) is 2.63. The maximum atomic E-state index is 12.9. The lowest BCUT2D eigenvalue weighted by molar-refractivity contribution is -0.146. The first-order chi connectivity index (χ1) is 13.8. The monoisotopic (exact) mass is 399 g/mol. The summed E-state index contributed by atoms with van der Waals surface area (Å²) in [6, 6.07) is 1.91. The molecule has 4 bridgehead atoms. The Morgan fingerprint density at radius 2 is 1.69 bits per heavy atom. The zero-order valence-electron chi connectivity index (χ0n) is 17.6. The molecule has 0 unspecified atom stereocenters. The molecule has 4 aliphatic rings. The van der Waals surface area contributed by atoms with Gasteiger partial charge in [0.15, 0.2) is 0 Å². The molecule has 2 amide bonds. The minimum Gasteiger partial charge on any atom is -0.356 e. The molecule has 1 aromatic heterocycles. The molecule has 0 saturated heterocycles. The highest BCUT2D eigenvalue weighted by Gasteiger charge is 2.54. The van der Waals surface area contributed by atoms with E-state index in [1.165, 1.54) is 19.3 Å². The summed E-state index contributed by atoms with van der Waals surface area (Å²) in [6.45, 7) is 4.50. The van der Waals surface area contributed by atoms with E-state index in [2.05, 4.69) is 15.6 Å². The van der Waals surface area contributed by atoms with Gasteiger partial charge in [-0.2, -0.15) is 0 Å². The molecule has 29 heavy (non-hydrogen) atoms. The fraction of sp³-hybridized carbons (Fsp3) is 0.696. The van der Waals surface area contributed by atoms with Gasteiger partial charge in [-0.15, -0.1) is 0 Å². The van der Waals surface area contributed by atoms with Crippen molar-refractivity contribution in [3.05, 3.63) is 33.2 Å². The predicted molar refractivity (Wildman–Crippen MR) is 111 cm³/mol. The number of carbonyl (C=O) groups is 2. The second-order valence-corrected chi connectivity index (χ2v) is 9.78. The molecule has 0 radical (unpaired) electrons. The van der Waals surface area contributed by atoms with Crippen molar-refractivity contribution in [1.82, 2.24) is 15.6 Å². The Morgan fingerprint density at radius 3 is 2.28 bits per heavy atom. The minimum atomic E-state index is -0.148. The van der Waals surface area contributed by atoms with Gasteiger partial charge in [0.05, 0.1) is 0 Å². The van der Waals surface area contributed by atoms with Gasteiger partial charge in [-0.05, 0) is 88.2 Å². The number of hydrogen-bond donors (Lipinski definition) is 3. The van der Waals surface area contributed by atoms with Crippen molar-refractivity contribution >= 4 is 11.8 Å². The summed E-state index contributed by atoms with van der Waals surface area (Å²) in [5, 5.41) is 5.94. The molecule has 0 atom stereocenters. The number of aromatic nitrogens is 1. The first-order valence-corrected chi connectivity index (χ1v) is 11.1. The summed E-state index contributed by atoms with van der Waals surface area (Å²) in [6.07, 6.45) is 8.15. The Labute approximate surface area is 172 Å². The fourth-order valence-corrected chi connectivity index (χ4v) is 6.40. The molecule has 3 N–H and O–H groups in total. The summed E-state index contributed by atoms with van der Waals surface area (Å²) in [5.41, 5.74) is 2.03. The third-order valence-electron chi connectivity index (χ3n) is 7.34. The highest BCUT2D eigenvalue weighted by Crippen LogP contribution is 2.60. The molecule has 4 aliphatic carbocycles. The maximum Gasteiger partial charge on any atom is 0.253 e. The van der Waals surface area contributed by atoms with Gasteiger partial charge in [-0.25, -0.2) is 0 Å². The van der Waals surface area contributed by atoms with Crippen LogP contribution in [0.4, 0.5) is 0 Å².